The second-order valence-electron chi connectivity index (χ2n) is 6.30. The van der Waals surface area contributed by atoms with Gasteiger partial charge in [0.15, 0.2) is 0 Å². The molecular weight excluding hydrogens is 205 g/mol. The van der Waals surface area contributed by atoms with Gasteiger partial charge in [0.25, 0.3) is 0 Å². The van der Waals surface area contributed by atoms with Crippen LogP contribution in [0.15, 0.2) is 0 Å². The topological polar surface area (TPSA) is 12.0 Å². The molecule has 2 atom stereocenters. The second-order valence-corrected chi connectivity index (χ2v) is 6.30. The van der Waals surface area contributed by atoms with Crippen molar-refractivity contribution in [1.82, 2.24) is 5.32 Å². The van der Waals surface area contributed by atoms with Crippen LogP contribution in [-0.4, -0.2) is 20.4 Å². The quantitative estimate of drug-likeness (QED) is 0.721. The van der Waals surface area contributed by atoms with Crippen molar-refractivity contribution in [3.63, 3.8) is 0 Å². The first-order valence-electron chi connectivity index (χ1n) is 8.12. The average molecular weight is 235 g/mol. The van der Waals surface area contributed by atoms with E-state index in [-0.39, 0.29) is 0 Å². The van der Waals surface area contributed by atoms with Crippen LogP contribution < -0.4 is 5.32 Å². The van der Waals surface area contributed by atoms with Crippen molar-refractivity contribution in [2.45, 2.75) is 70.4 Å². The molecule has 0 aromatic carbocycles. The Balaban J connectivity index is 1.86. The number of hydrogen-bond acceptors (Lipinski definition) is 1. The van der Waals surface area contributed by atoms with Gasteiger partial charge in [-0.2, -0.15) is 0 Å². The third kappa shape index (κ3) is 4.01. The van der Waals surface area contributed by atoms with Crippen LogP contribution >= 0.6 is 0 Å². The van der Waals surface area contributed by atoms with Crippen molar-refractivity contribution >= 4 is 7.28 Å². The van der Waals surface area contributed by atoms with Gasteiger partial charge < -0.3 is 5.32 Å². The minimum atomic E-state index is 0.975. The highest BCUT2D eigenvalue weighted by molar-refractivity contribution is 6.36. The SMILES string of the molecule is CBC1CNCC1C1CCCCCCCCC1. The van der Waals surface area contributed by atoms with E-state index < -0.39 is 0 Å². The lowest BCUT2D eigenvalue weighted by molar-refractivity contribution is 0.288. The van der Waals surface area contributed by atoms with E-state index in [0.29, 0.717) is 0 Å². The smallest absolute Gasteiger partial charge is 0.123 e. The molecule has 1 aliphatic heterocycles. The lowest BCUT2D eigenvalue weighted by atomic mass is 9.59. The van der Waals surface area contributed by atoms with Gasteiger partial charge in [0, 0.05) is 0 Å². The van der Waals surface area contributed by atoms with E-state index in [2.05, 4.69) is 12.1 Å². The summed E-state index contributed by atoms with van der Waals surface area (Å²) in [7, 11) is 1.38. The van der Waals surface area contributed by atoms with Gasteiger partial charge in [-0.25, -0.2) is 0 Å². The van der Waals surface area contributed by atoms with E-state index in [9.17, 15) is 0 Å². The molecule has 0 radical (unpaired) electrons. The molecule has 0 spiro atoms. The normalized spacial score (nSPS) is 33.5. The molecule has 98 valence electrons. The van der Waals surface area contributed by atoms with Crippen molar-refractivity contribution in [2.24, 2.45) is 11.8 Å². The van der Waals surface area contributed by atoms with E-state index in [1.165, 1.54) is 78.2 Å². The van der Waals surface area contributed by atoms with Crippen LogP contribution in [0, 0.1) is 11.8 Å². The van der Waals surface area contributed by atoms with Gasteiger partial charge in [-0.05, 0) is 30.7 Å². The Morgan fingerprint density at radius 1 is 0.824 bits per heavy atom. The summed E-state index contributed by atoms with van der Waals surface area (Å²) in [5, 5.41) is 3.63. The first-order valence-corrected chi connectivity index (χ1v) is 8.12. The molecule has 2 heteroatoms. The lowest BCUT2D eigenvalue weighted by Gasteiger charge is -2.28. The predicted octanol–water partition coefficient (Wildman–Crippen LogP) is 3.62. The Labute approximate surface area is 108 Å². The first-order chi connectivity index (χ1) is 8.42. The minimum absolute atomic E-state index is 0.975. The van der Waals surface area contributed by atoms with Gasteiger partial charge in [-0.15, -0.1) is 0 Å². The summed E-state index contributed by atoms with van der Waals surface area (Å²) in [6, 6.07) is 0. The van der Waals surface area contributed by atoms with Crippen molar-refractivity contribution < 1.29 is 0 Å². The average Bonchev–Trinajstić information content (AvgIpc) is 2.84. The van der Waals surface area contributed by atoms with Crippen molar-refractivity contribution in [3.05, 3.63) is 0 Å². The van der Waals surface area contributed by atoms with Gasteiger partial charge in [0.1, 0.15) is 7.28 Å². The maximum absolute atomic E-state index is 3.63. The van der Waals surface area contributed by atoms with Gasteiger partial charge in [-0.1, -0.05) is 64.6 Å². The molecule has 0 amide bonds. The molecule has 1 N–H and O–H groups in total. The fourth-order valence-electron chi connectivity index (χ4n) is 4.02. The molecule has 17 heavy (non-hydrogen) atoms. The molecule has 2 unspecified atom stereocenters. The Hall–Kier alpha value is 0.0249. The Kier molecular flexibility index (Phi) is 5.90. The standard InChI is InChI=1S/C15H30BN/c1-16-15-12-17-11-14(15)13-9-7-5-3-2-4-6-8-10-13/h13-17H,2-12H2,1H3. The summed E-state index contributed by atoms with van der Waals surface area (Å²) in [5.74, 6) is 3.01. The maximum Gasteiger partial charge on any atom is 0.123 e. The fourth-order valence-corrected chi connectivity index (χ4v) is 4.02. The zero-order valence-electron chi connectivity index (χ0n) is 11.7. The Morgan fingerprint density at radius 3 is 2.00 bits per heavy atom. The molecule has 1 saturated heterocycles. The summed E-state index contributed by atoms with van der Waals surface area (Å²) in [4.78, 5) is 0. The summed E-state index contributed by atoms with van der Waals surface area (Å²) < 4.78 is 0. The van der Waals surface area contributed by atoms with Gasteiger partial charge in [0.2, 0.25) is 0 Å². The molecule has 2 aliphatic rings. The van der Waals surface area contributed by atoms with Crippen LogP contribution in [0.3, 0.4) is 0 Å². The predicted molar refractivity (Wildman–Crippen MR) is 78.2 cm³/mol. The molecule has 0 aromatic heterocycles. The first kappa shape index (κ1) is 13.5. The highest BCUT2D eigenvalue weighted by atomic mass is 14.9. The number of hydrogen-bond donors (Lipinski definition) is 1. The molecule has 2 rings (SSSR count). The van der Waals surface area contributed by atoms with Crippen molar-refractivity contribution in [1.29, 1.82) is 0 Å². The van der Waals surface area contributed by atoms with E-state index in [1.807, 2.05) is 0 Å². The van der Waals surface area contributed by atoms with Gasteiger partial charge in [0.05, 0.1) is 0 Å². The second kappa shape index (κ2) is 7.46. The van der Waals surface area contributed by atoms with E-state index in [4.69, 9.17) is 0 Å². The third-order valence-corrected chi connectivity index (χ3v) is 5.17. The molecular formula is C15H30BN. The summed E-state index contributed by atoms with van der Waals surface area (Å²) >= 11 is 0. The molecule has 1 nitrogen and oxygen atoms in total. The molecule has 0 bridgehead atoms. The summed E-state index contributed by atoms with van der Waals surface area (Å²) in [6.45, 7) is 4.98. The molecule has 1 heterocycles. The van der Waals surface area contributed by atoms with Crippen LogP contribution in [0.1, 0.15) is 57.8 Å². The zero-order chi connectivity index (χ0) is 11.9. The van der Waals surface area contributed by atoms with E-state index >= 15 is 0 Å². The monoisotopic (exact) mass is 235 g/mol. The van der Waals surface area contributed by atoms with Gasteiger partial charge in [-0.3, -0.25) is 0 Å². The van der Waals surface area contributed by atoms with Crippen LogP contribution in [-0.2, 0) is 0 Å². The highest BCUT2D eigenvalue weighted by Crippen LogP contribution is 2.36. The van der Waals surface area contributed by atoms with Crippen molar-refractivity contribution in [3.8, 4) is 0 Å². The fraction of sp³-hybridized carbons (Fsp3) is 1.00. The van der Waals surface area contributed by atoms with Crippen LogP contribution in [0.2, 0.25) is 12.6 Å². The van der Waals surface area contributed by atoms with Crippen LogP contribution in [0.4, 0.5) is 0 Å². The van der Waals surface area contributed by atoms with Crippen molar-refractivity contribution in [2.75, 3.05) is 13.1 Å². The highest BCUT2D eigenvalue weighted by Gasteiger charge is 2.31. The van der Waals surface area contributed by atoms with Gasteiger partial charge >= 0.3 is 0 Å². The molecule has 1 aliphatic carbocycles. The van der Waals surface area contributed by atoms with Crippen LogP contribution in [0.25, 0.3) is 0 Å². The maximum atomic E-state index is 3.63. The summed E-state index contributed by atoms with van der Waals surface area (Å²) in [5.41, 5.74) is 0. The van der Waals surface area contributed by atoms with E-state index in [1.54, 1.807) is 0 Å². The third-order valence-electron chi connectivity index (χ3n) is 5.17. The minimum Gasteiger partial charge on any atom is -0.317 e. The Bertz CT molecular complexity index is 197. The number of rotatable bonds is 2. The molecule has 2 fully saturated rings. The van der Waals surface area contributed by atoms with E-state index in [0.717, 1.165) is 17.7 Å². The lowest BCUT2D eigenvalue weighted by Crippen LogP contribution is -2.22. The van der Waals surface area contributed by atoms with Crippen LogP contribution in [0.5, 0.6) is 0 Å². The molecule has 1 saturated carbocycles. The Morgan fingerprint density at radius 2 is 1.41 bits per heavy atom. The summed E-state index contributed by atoms with van der Waals surface area (Å²) in [6.07, 6.45) is 13.5. The number of nitrogens with one attached hydrogen (secondary N) is 1. The largest absolute Gasteiger partial charge is 0.317 e. The zero-order valence-corrected chi connectivity index (χ0v) is 11.7. The molecule has 0 aromatic rings.